The Kier molecular flexibility index (Phi) is 4.95. The van der Waals surface area contributed by atoms with Crippen molar-refractivity contribution in [3.8, 4) is 5.75 Å². The summed E-state index contributed by atoms with van der Waals surface area (Å²) in [7, 11) is 1.32. The van der Waals surface area contributed by atoms with Gasteiger partial charge in [-0.3, -0.25) is 9.59 Å². The smallest absolute Gasteiger partial charge is 0.216 e. The summed E-state index contributed by atoms with van der Waals surface area (Å²) in [5.41, 5.74) is 0.310. The maximum Gasteiger partial charge on any atom is 0.216 e. The molecule has 0 bridgehead atoms. The molecule has 0 heterocycles. The number of carbonyl (C=O) groups excluding carboxylic acids is 2. The Morgan fingerprint density at radius 3 is 2.50 bits per heavy atom. The second-order valence-corrected chi connectivity index (χ2v) is 3.79. The molecule has 0 spiro atoms. The first-order valence-electron chi connectivity index (χ1n) is 5.51. The van der Waals surface area contributed by atoms with Gasteiger partial charge in [0.1, 0.15) is 0 Å². The summed E-state index contributed by atoms with van der Waals surface area (Å²) < 4.78 is 31.4. The minimum atomic E-state index is -2.12. The van der Waals surface area contributed by atoms with Crippen LogP contribution >= 0.6 is 0 Å². The van der Waals surface area contributed by atoms with Gasteiger partial charge in [0.25, 0.3) is 0 Å². The van der Waals surface area contributed by atoms with Gasteiger partial charge in [0.05, 0.1) is 7.11 Å². The molecule has 0 aliphatic heterocycles. The van der Waals surface area contributed by atoms with E-state index < -0.39 is 23.6 Å². The lowest BCUT2D eigenvalue weighted by Crippen LogP contribution is -2.26. The fourth-order valence-electron chi connectivity index (χ4n) is 1.47. The van der Waals surface area contributed by atoms with Gasteiger partial charge in [-0.25, -0.2) is 8.78 Å². The van der Waals surface area contributed by atoms with E-state index in [1.54, 1.807) is 0 Å². The number of ether oxygens (including phenoxy) is 1. The highest BCUT2D eigenvalue weighted by Gasteiger charge is 2.24. The van der Waals surface area contributed by atoms with E-state index in [0.717, 1.165) is 6.07 Å². The molecule has 5 heteroatoms. The van der Waals surface area contributed by atoms with Crippen LogP contribution in [0.1, 0.15) is 18.9 Å². The first-order valence-corrected chi connectivity index (χ1v) is 5.51. The molecular weight excluding hydrogens is 242 g/mol. The predicted molar refractivity (Wildman–Crippen MR) is 61.9 cm³/mol. The van der Waals surface area contributed by atoms with Gasteiger partial charge in [-0.1, -0.05) is 13.0 Å². The lowest BCUT2D eigenvalue weighted by atomic mass is 10.0. The number of hydrogen-bond donors (Lipinski definition) is 0. The third-order valence-electron chi connectivity index (χ3n) is 2.51. The van der Waals surface area contributed by atoms with Gasteiger partial charge in [0.15, 0.2) is 23.1 Å². The number of ketones is 2. The maximum atomic E-state index is 13.3. The Morgan fingerprint density at radius 1 is 1.33 bits per heavy atom. The average molecular weight is 256 g/mol. The number of Topliss-reactive ketones (excluding diaryl/α,β-unsaturated/α-hetero) is 2. The standard InChI is InChI=1S/C13H14F2O3/c1-3-10(16)13(15)11(17)7-8-4-5-12(18-2)9(14)6-8/h4-6,13H,3,7H2,1-2H3. The Labute approximate surface area is 104 Å². The number of hydrogen-bond acceptors (Lipinski definition) is 3. The van der Waals surface area contributed by atoms with E-state index in [1.165, 1.54) is 26.2 Å². The molecule has 0 aliphatic rings. The Bertz CT molecular complexity index is 458. The minimum Gasteiger partial charge on any atom is -0.494 e. The van der Waals surface area contributed by atoms with Crippen molar-refractivity contribution < 1.29 is 23.1 Å². The van der Waals surface area contributed by atoms with E-state index in [0.29, 0.717) is 5.56 Å². The summed E-state index contributed by atoms with van der Waals surface area (Å²) in [6, 6.07) is 3.91. The molecule has 1 aromatic carbocycles. The number of alkyl halides is 1. The second-order valence-electron chi connectivity index (χ2n) is 3.79. The molecule has 0 radical (unpaired) electrons. The largest absolute Gasteiger partial charge is 0.494 e. The normalized spacial score (nSPS) is 12.0. The third-order valence-corrected chi connectivity index (χ3v) is 2.51. The van der Waals surface area contributed by atoms with E-state index in [1.807, 2.05) is 0 Å². The molecule has 18 heavy (non-hydrogen) atoms. The highest BCUT2D eigenvalue weighted by atomic mass is 19.1. The van der Waals surface area contributed by atoms with Gasteiger partial charge in [-0.15, -0.1) is 0 Å². The van der Waals surface area contributed by atoms with Crippen molar-refractivity contribution in [3.63, 3.8) is 0 Å². The van der Waals surface area contributed by atoms with Gasteiger partial charge in [-0.05, 0) is 17.7 Å². The van der Waals surface area contributed by atoms with E-state index in [4.69, 9.17) is 4.74 Å². The molecule has 0 fully saturated rings. The monoisotopic (exact) mass is 256 g/mol. The lowest BCUT2D eigenvalue weighted by Gasteiger charge is -2.07. The topological polar surface area (TPSA) is 43.4 Å². The van der Waals surface area contributed by atoms with Gasteiger partial charge < -0.3 is 4.74 Å². The molecule has 0 aliphatic carbocycles. The van der Waals surface area contributed by atoms with Crippen molar-refractivity contribution in [1.29, 1.82) is 0 Å². The summed E-state index contributed by atoms with van der Waals surface area (Å²) in [6.07, 6.45) is -2.47. The molecule has 0 aromatic heterocycles. The Balaban J connectivity index is 2.76. The highest BCUT2D eigenvalue weighted by molar-refractivity contribution is 6.05. The van der Waals surface area contributed by atoms with Crippen molar-refractivity contribution in [2.24, 2.45) is 0 Å². The summed E-state index contributed by atoms with van der Waals surface area (Å²) >= 11 is 0. The zero-order chi connectivity index (χ0) is 13.7. The van der Waals surface area contributed by atoms with Gasteiger partial charge in [0, 0.05) is 12.8 Å². The van der Waals surface area contributed by atoms with E-state index in [2.05, 4.69) is 0 Å². The summed E-state index contributed by atoms with van der Waals surface area (Å²) in [4.78, 5) is 22.4. The molecule has 0 N–H and O–H groups in total. The van der Waals surface area contributed by atoms with Crippen molar-refractivity contribution in [3.05, 3.63) is 29.6 Å². The predicted octanol–water partition coefficient (Wildman–Crippen LogP) is 2.26. The molecule has 98 valence electrons. The van der Waals surface area contributed by atoms with E-state index in [-0.39, 0.29) is 18.6 Å². The van der Waals surface area contributed by atoms with Crippen LogP contribution in [0.3, 0.4) is 0 Å². The van der Waals surface area contributed by atoms with Gasteiger partial charge >= 0.3 is 0 Å². The quantitative estimate of drug-likeness (QED) is 0.733. The van der Waals surface area contributed by atoms with Crippen LogP contribution in [0.5, 0.6) is 5.75 Å². The lowest BCUT2D eigenvalue weighted by molar-refractivity contribution is -0.133. The SMILES string of the molecule is CCC(=O)C(F)C(=O)Cc1ccc(OC)c(F)c1. The van der Waals surface area contributed by atoms with Gasteiger partial charge in [-0.2, -0.15) is 0 Å². The summed E-state index contributed by atoms with van der Waals surface area (Å²) in [5, 5.41) is 0. The number of carbonyl (C=O) groups is 2. The first kappa shape index (κ1) is 14.3. The molecule has 1 atom stereocenters. The number of halogens is 2. The average Bonchev–Trinajstić information content (AvgIpc) is 2.37. The number of methoxy groups -OCH3 is 1. The highest BCUT2D eigenvalue weighted by Crippen LogP contribution is 2.18. The Hall–Kier alpha value is -1.78. The van der Waals surface area contributed by atoms with Crippen LogP contribution in [0.25, 0.3) is 0 Å². The van der Waals surface area contributed by atoms with Gasteiger partial charge in [0.2, 0.25) is 6.17 Å². The first-order chi connectivity index (χ1) is 8.49. The second kappa shape index (κ2) is 6.23. The molecule has 1 rings (SSSR count). The molecular formula is C13H14F2O3. The molecule has 1 aromatic rings. The Morgan fingerprint density at radius 2 is 2.00 bits per heavy atom. The zero-order valence-electron chi connectivity index (χ0n) is 10.2. The van der Waals surface area contributed by atoms with Crippen LogP contribution in [0.4, 0.5) is 8.78 Å². The van der Waals surface area contributed by atoms with Crippen LogP contribution in [-0.2, 0) is 16.0 Å². The van der Waals surface area contributed by atoms with Crippen molar-refractivity contribution in [1.82, 2.24) is 0 Å². The molecule has 0 saturated heterocycles. The molecule has 0 saturated carbocycles. The van der Waals surface area contributed by atoms with E-state index >= 15 is 0 Å². The third kappa shape index (κ3) is 3.35. The number of benzene rings is 1. The zero-order valence-corrected chi connectivity index (χ0v) is 10.2. The maximum absolute atomic E-state index is 13.3. The molecule has 3 nitrogen and oxygen atoms in total. The van der Waals surface area contributed by atoms with Crippen LogP contribution < -0.4 is 4.74 Å². The van der Waals surface area contributed by atoms with Crippen LogP contribution in [-0.4, -0.2) is 24.8 Å². The van der Waals surface area contributed by atoms with Crippen LogP contribution in [0, 0.1) is 5.82 Å². The van der Waals surface area contributed by atoms with Crippen LogP contribution in [0.15, 0.2) is 18.2 Å². The minimum absolute atomic E-state index is 0.0378. The van der Waals surface area contributed by atoms with Crippen molar-refractivity contribution >= 4 is 11.6 Å². The van der Waals surface area contributed by atoms with Crippen LogP contribution in [0.2, 0.25) is 0 Å². The van der Waals surface area contributed by atoms with Crippen molar-refractivity contribution in [2.45, 2.75) is 25.9 Å². The summed E-state index contributed by atoms with van der Waals surface area (Å²) in [6.45, 7) is 1.48. The van der Waals surface area contributed by atoms with Crippen molar-refractivity contribution in [2.75, 3.05) is 7.11 Å². The fourth-order valence-corrected chi connectivity index (χ4v) is 1.47. The fraction of sp³-hybridized carbons (Fsp3) is 0.385. The molecule has 0 amide bonds. The molecule has 1 unspecified atom stereocenters. The number of rotatable bonds is 6. The van der Waals surface area contributed by atoms with E-state index in [9.17, 15) is 18.4 Å². The summed E-state index contributed by atoms with van der Waals surface area (Å²) in [5.74, 6) is -2.19.